The van der Waals surface area contributed by atoms with Crippen molar-refractivity contribution < 1.29 is 19.2 Å². The van der Waals surface area contributed by atoms with Gasteiger partial charge in [-0.25, -0.2) is 4.79 Å². The van der Waals surface area contributed by atoms with Crippen molar-refractivity contribution in [1.82, 2.24) is 10.1 Å². The molecule has 2 N–H and O–H groups in total. The Labute approximate surface area is 142 Å². The molecular weight excluding hydrogens is 322 g/mol. The van der Waals surface area contributed by atoms with E-state index in [-0.39, 0.29) is 17.1 Å². The number of carboxylic acid groups (broad SMARTS) is 1. The molecule has 0 atom stereocenters. The van der Waals surface area contributed by atoms with Crippen molar-refractivity contribution >= 4 is 23.8 Å². The molecule has 3 aromatic rings. The standard InChI is InChI=1S/C18H13N3O4/c22-14(10-9-12-6-2-1-3-7-12)20-17-15(18(23)24)16(21-25-17)13-8-4-5-11-19-13/h1-11H,(H,20,22)(H,23,24)/b10-9+. The molecule has 0 unspecified atom stereocenters. The first-order chi connectivity index (χ1) is 12.1. The summed E-state index contributed by atoms with van der Waals surface area (Å²) in [6.07, 6.45) is 4.40. The SMILES string of the molecule is O=C(/C=C/c1ccccc1)Nc1onc(-c2ccccn2)c1C(=O)O. The fourth-order valence-corrected chi connectivity index (χ4v) is 2.14. The van der Waals surface area contributed by atoms with E-state index in [1.54, 1.807) is 24.3 Å². The maximum atomic E-state index is 12.0. The molecule has 124 valence electrons. The normalized spacial score (nSPS) is 10.7. The second kappa shape index (κ2) is 7.22. The fourth-order valence-electron chi connectivity index (χ4n) is 2.14. The Balaban J connectivity index is 1.83. The highest BCUT2D eigenvalue weighted by atomic mass is 16.5. The molecule has 2 aromatic heterocycles. The van der Waals surface area contributed by atoms with Crippen LogP contribution in [0.25, 0.3) is 17.5 Å². The molecule has 1 aromatic carbocycles. The van der Waals surface area contributed by atoms with Crippen molar-refractivity contribution in [2.45, 2.75) is 0 Å². The van der Waals surface area contributed by atoms with Crippen molar-refractivity contribution in [3.8, 4) is 11.4 Å². The molecule has 25 heavy (non-hydrogen) atoms. The summed E-state index contributed by atoms with van der Waals surface area (Å²) in [6, 6.07) is 14.2. The van der Waals surface area contributed by atoms with Crippen LogP contribution in [-0.4, -0.2) is 27.1 Å². The van der Waals surface area contributed by atoms with Crippen LogP contribution in [0.3, 0.4) is 0 Å². The summed E-state index contributed by atoms with van der Waals surface area (Å²) >= 11 is 0. The van der Waals surface area contributed by atoms with Gasteiger partial charge in [0.15, 0.2) is 5.56 Å². The van der Waals surface area contributed by atoms with Gasteiger partial charge in [0.1, 0.15) is 5.69 Å². The Morgan fingerprint density at radius 2 is 1.84 bits per heavy atom. The monoisotopic (exact) mass is 335 g/mol. The Hall–Kier alpha value is -3.74. The molecule has 7 nitrogen and oxygen atoms in total. The van der Waals surface area contributed by atoms with Crippen LogP contribution in [0, 0.1) is 0 Å². The lowest BCUT2D eigenvalue weighted by Crippen LogP contribution is -2.11. The van der Waals surface area contributed by atoms with Gasteiger partial charge in [-0.15, -0.1) is 0 Å². The highest BCUT2D eigenvalue weighted by Gasteiger charge is 2.25. The molecule has 0 saturated carbocycles. The number of nitrogens with one attached hydrogen (secondary N) is 1. The highest BCUT2D eigenvalue weighted by Crippen LogP contribution is 2.27. The number of benzene rings is 1. The van der Waals surface area contributed by atoms with E-state index < -0.39 is 11.9 Å². The van der Waals surface area contributed by atoms with Gasteiger partial charge in [0.25, 0.3) is 5.91 Å². The molecule has 7 heteroatoms. The molecule has 1 amide bonds. The molecule has 2 heterocycles. The van der Waals surface area contributed by atoms with Gasteiger partial charge in [0.2, 0.25) is 5.88 Å². The van der Waals surface area contributed by atoms with Gasteiger partial charge in [-0.2, -0.15) is 0 Å². The van der Waals surface area contributed by atoms with Crippen molar-refractivity contribution in [1.29, 1.82) is 0 Å². The summed E-state index contributed by atoms with van der Waals surface area (Å²) in [7, 11) is 0. The van der Waals surface area contributed by atoms with E-state index in [9.17, 15) is 14.7 Å². The third kappa shape index (κ3) is 3.78. The Morgan fingerprint density at radius 3 is 2.52 bits per heavy atom. The van der Waals surface area contributed by atoms with Crippen LogP contribution in [0.2, 0.25) is 0 Å². The van der Waals surface area contributed by atoms with Gasteiger partial charge in [-0.05, 0) is 23.8 Å². The molecule has 0 aliphatic heterocycles. The number of amides is 1. The van der Waals surface area contributed by atoms with Crippen molar-refractivity contribution in [2.24, 2.45) is 0 Å². The zero-order valence-electron chi connectivity index (χ0n) is 12.9. The number of rotatable bonds is 5. The summed E-state index contributed by atoms with van der Waals surface area (Å²) < 4.78 is 5.00. The van der Waals surface area contributed by atoms with Crippen molar-refractivity contribution in [3.05, 3.63) is 71.9 Å². The van der Waals surface area contributed by atoms with E-state index in [1.807, 2.05) is 30.3 Å². The van der Waals surface area contributed by atoms with E-state index in [0.29, 0.717) is 5.69 Å². The first-order valence-electron chi connectivity index (χ1n) is 7.33. The predicted octanol–water partition coefficient (Wildman–Crippen LogP) is 3.09. The first-order valence-corrected chi connectivity index (χ1v) is 7.33. The number of hydrogen-bond acceptors (Lipinski definition) is 5. The van der Waals surface area contributed by atoms with Crippen LogP contribution in [0.4, 0.5) is 5.88 Å². The molecule has 3 rings (SSSR count). The number of nitrogens with zero attached hydrogens (tertiary/aromatic N) is 2. The number of pyridine rings is 1. The number of anilines is 1. The lowest BCUT2D eigenvalue weighted by atomic mass is 10.1. The summed E-state index contributed by atoms with van der Waals surface area (Å²) in [4.78, 5) is 27.6. The Kier molecular flexibility index (Phi) is 4.66. The smallest absolute Gasteiger partial charge is 0.343 e. The number of carbonyl (C=O) groups is 2. The van der Waals surface area contributed by atoms with Crippen molar-refractivity contribution in [3.63, 3.8) is 0 Å². The average Bonchev–Trinajstić information content (AvgIpc) is 3.05. The summed E-state index contributed by atoms with van der Waals surface area (Å²) in [6.45, 7) is 0. The maximum Gasteiger partial charge on any atom is 0.343 e. The minimum Gasteiger partial charge on any atom is -0.477 e. The maximum absolute atomic E-state index is 12.0. The van der Waals surface area contributed by atoms with E-state index >= 15 is 0 Å². The van der Waals surface area contributed by atoms with Gasteiger partial charge in [0.05, 0.1) is 5.69 Å². The number of aromatic carboxylic acids is 1. The fraction of sp³-hybridized carbons (Fsp3) is 0. The van der Waals surface area contributed by atoms with Crippen LogP contribution < -0.4 is 5.32 Å². The van der Waals surface area contributed by atoms with Gasteiger partial charge >= 0.3 is 5.97 Å². The lowest BCUT2D eigenvalue weighted by Gasteiger charge is -2.00. The van der Waals surface area contributed by atoms with Crippen LogP contribution in [0.15, 0.2) is 65.3 Å². The van der Waals surface area contributed by atoms with Crippen molar-refractivity contribution in [2.75, 3.05) is 5.32 Å². The molecular formula is C18H13N3O4. The number of carboxylic acids is 1. The zero-order valence-corrected chi connectivity index (χ0v) is 12.9. The second-order valence-corrected chi connectivity index (χ2v) is 4.99. The molecule has 0 saturated heterocycles. The highest BCUT2D eigenvalue weighted by molar-refractivity contribution is 6.06. The number of aromatic nitrogens is 2. The minimum atomic E-state index is -1.27. The molecule has 0 bridgehead atoms. The Bertz CT molecular complexity index is 918. The van der Waals surface area contributed by atoms with Crippen LogP contribution in [0.1, 0.15) is 15.9 Å². The van der Waals surface area contributed by atoms with Crippen LogP contribution in [-0.2, 0) is 4.79 Å². The summed E-state index contributed by atoms with van der Waals surface area (Å²) in [5.74, 6) is -2.05. The van der Waals surface area contributed by atoms with Gasteiger partial charge in [-0.3, -0.25) is 15.1 Å². The van der Waals surface area contributed by atoms with Gasteiger partial charge < -0.3 is 9.63 Å². The topological polar surface area (TPSA) is 105 Å². The molecule has 0 fully saturated rings. The average molecular weight is 335 g/mol. The third-order valence-electron chi connectivity index (χ3n) is 3.28. The minimum absolute atomic E-state index is 0.0513. The third-order valence-corrected chi connectivity index (χ3v) is 3.28. The Morgan fingerprint density at radius 1 is 1.08 bits per heavy atom. The largest absolute Gasteiger partial charge is 0.477 e. The quantitative estimate of drug-likeness (QED) is 0.694. The predicted molar refractivity (Wildman–Crippen MR) is 90.8 cm³/mol. The zero-order chi connectivity index (χ0) is 17.6. The first kappa shape index (κ1) is 16.1. The summed E-state index contributed by atoms with van der Waals surface area (Å²) in [5.41, 5.74) is 0.974. The van der Waals surface area contributed by atoms with Crippen LogP contribution in [0.5, 0.6) is 0 Å². The van der Waals surface area contributed by atoms with Crippen LogP contribution >= 0.6 is 0 Å². The van der Waals surface area contributed by atoms with E-state index in [1.165, 1.54) is 12.3 Å². The number of hydrogen-bond donors (Lipinski definition) is 2. The molecule has 0 spiro atoms. The summed E-state index contributed by atoms with van der Waals surface area (Å²) in [5, 5.41) is 15.5. The lowest BCUT2D eigenvalue weighted by molar-refractivity contribution is -0.112. The van der Waals surface area contributed by atoms with E-state index in [0.717, 1.165) is 5.56 Å². The number of carbonyl (C=O) groups excluding carboxylic acids is 1. The molecule has 0 aliphatic carbocycles. The van der Waals surface area contributed by atoms with E-state index in [4.69, 9.17) is 4.52 Å². The van der Waals surface area contributed by atoms with E-state index in [2.05, 4.69) is 15.5 Å². The van der Waals surface area contributed by atoms with Gasteiger partial charge in [0, 0.05) is 12.3 Å². The van der Waals surface area contributed by atoms with Gasteiger partial charge in [-0.1, -0.05) is 41.6 Å². The second-order valence-electron chi connectivity index (χ2n) is 4.99. The molecule has 0 aliphatic rings. The molecule has 0 radical (unpaired) electrons.